The smallest absolute Gasteiger partial charge is 0.220 e. The molecule has 0 aliphatic heterocycles. The fourth-order valence-corrected chi connectivity index (χ4v) is 2.86. The SMILES string of the molecule is CO[C@H](CNC(=O)CCc1ccc(S(C)(=O)=O)cc1)c1ccco1. The largest absolute Gasteiger partial charge is 0.467 e. The van der Waals surface area contributed by atoms with Crippen LogP contribution in [-0.2, 0) is 25.8 Å². The molecule has 0 spiro atoms. The topological polar surface area (TPSA) is 85.6 Å². The van der Waals surface area contributed by atoms with Crippen LogP contribution < -0.4 is 5.32 Å². The summed E-state index contributed by atoms with van der Waals surface area (Å²) in [6, 6.07) is 10.1. The van der Waals surface area contributed by atoms with Gasteiger partial charge in [-0.25, -0.2) is 8.42 Å². The number of hydrogen-bond acceptors (Lipinski definition) is 5. The van der Waals surface area contributed by atoms with Gasteiger partial charge in [0.05, 0.1) is 17.7 Å². The molecular formula is C17H21NO5S. The van der Waals surface area contributed by atoms with E-state index in [-0.39, 0.29) is 16.9 Å². The molecule has 1 aromatic carbocycles. The number of sulfone groups is 1. The van der Waals surface area contributed by atoms with Gasteiger partial charge in [-0.1, -0.05) is 12.1 Å². The van der Waals surface area contributed by atoms with Crippen LogP contribution in [0.25, 0.3) is 0 Å². The summed E-state index contributed by atoms with van der Waals surface area (Å²) in [6.45, 7) is 0.329. The van der Waals surface area contributed by atoms with Crippen molar-refractivity contribution < 1.29 is 22.4 Å². The van der Waals surface area contributed by atoms with Gasteiger partial charge >= 0.3 is 0 Å². The number of rotatable bonds is 8. The van der Waals surface area contributed by atoms with Gasteiger partial charge in [-0.3, -0.25) is 4.79 Å². The van der Waals surface area contributed by atoms with E-state index >= 15 is 0 Å². The van der Waals surface area contributed by atoms with Gasteiger partial charge in [0.1, 0.15) is 11.9 Å². The Labute approximate surface area is 141 Å². The predicted octanol–water partition coefficient (Wildman–Crippen LogP) is 2.12. The van der Waals surface area contributed by atoms with E-state index in [0.29, 0.717) is 25.1 Å². The van der Waals surface area contributed by atoms with Crippen LogP contribution in [0.15, 0.2) is 52.0 Å². The molecule has 0 saturated heterocycles. The van der Waals surface area contributed by atoms with Gasteiger partial charge in [-0.05, 0) is 36.2 Å². The van der Waals surface area contributed by atoms with E-state index in [1.165, 1.54) is 6.26 Å². The number of methoxy groups -OCH3 is 1. The molecule has 0 unspecified atom stereocenters. The van der Waals surface area contributed by atoms with Crippen LogP contribution in [-0.4, -0.2) is 34.2 Å². The Bertz CT molecular complexity index is 751. The van der Waals surface area contributed by atoms with Gasteiger partial charge in [-0.2, -0.15) is 0 Å². The number of hydrogen-bond donors (Lipinski definition) is 1. The highest BCUT2D eigenvalue weighted by Crippen LogP contribution is 2.16. The monoisotopic (exact) mass is 351 g/mol. The second-order valence-corrected chi connectivity index (χ2v) is 7.48. The first-order chi connectivity index (χ1) is 11.4. The molecule has 0 bridgehead atoms. The molecule has 0 saturated carbocycles. The molecule has 1 N–H and O–H groups in total. The van der Waals surface area contributed by atoms with Crippen LogP contribution in [0.3, 0.4) is 0 Å². The molecule has 1 amide bonds. The van der Waals surface area contributed by atoms with Crippen molar-refractivity contribution in [2.75, 3.05) is 19.9 Å². The van der Waals surface area contributed by atoms with Gasteiger partial charge < -0.3 is 14.5 Å². The minimum absolute atomic E-state index is 0.101. The third-order valence-corrected chi connectivity index (χ3v) is 4.75. The third kappa shape index (κ3) is 5.21. The summed E-state index contributed by atoms with van der Waals surface area (Å²) in [5, 5.41) is 2.81. The van der Waals surface area contributed by atoms with E-state index in [9.17, 15) is 13.2 Å². The minimum Gasteiger partial charge on any atom is -0.467 e. The number of carbonyl (C=O) groups is 1. The number of furan rings is 1. The second-order valence-electron chi connectivity index (χ2n) is 5.46. The van der Waals surface area contributed by atoms with Crippen LogP contribution in [0.2, 0.25) is 0 Å². The molecule has 0 aliphatic rings. The highest BCUT2D eigenvalue weighted by Gasteiger charge is 2.14. The van der Waals surface area contributed by atoms with Crippen molar-refractivity contribution in [2.45, 2.75) is 23.8 Å². The van der Waals surface area contributed by atoms with Crippen molar-refractivity contribution in [1.82, 2.24) is 5.32 Å². The second kappa shape index (κ2) is 8.12. The first kappa shape index (κ1) is 18.2. The maximum Gasteiger partial charge on any atom is 0.220 e. The molecule has 1 aromatic heterocycles. The standard InChI is InChI=1S/C17H21NO5S/c1-22-16(15-4-3-11-23-15)12-18-17(19)10-7-13-5-8-14(9-6-13)24(2,20)21/h3-6,8-9,11,16H,7,10,12H2,1-2H3,(H,18,19)/t16-/m1/s1. The Morgan fingerprint density at radius 3 is 2.50 bits per heavy atom. The highest BCUT2D eigenvalue weighted by molar-refractivity contribution is 7.90. The number of ether oxygens (including phenoxy) is 1. The summed E-state index contributed by atoms with van der Waals surface area (Å²) in [5.74, 6) is 0.560. The molecule has 0 radical (unpaired) electrons. The number of carbonyl (C=O) groups excluding carboxylic acids is 1. The van der Waals surface area contributed by atoms with Crippen molar-refractivity contribution in [1.29, 1.82) is 0 Å². The molecule has 0 fully saturated rings. The molecule has 130 valence electrons. The van der Waals surface area contributed by atoms with E-state index in [1.807, 2.05) is 0 Å². The zero-order valence-electron chi connectivity index (χ0n) is 13.7. The summed E-state index contributed by atoms with van der Waals surface area (Å²) in [5.41, 5.74) is 0.909. The first-order valence-corrected chi connectivity index (χ1v) is 9.41. The average Bonchev–Trinajstić information content (AvgIpc) is 3.07. The summed E-state index contributed by atoms with van der Waals surface area (Å²) < 4.78 is 33.4. The Morgan fingerprint density at radius 1 is 1.25 bits per heavy atom. The van der Waals surface area contributed by atoms with Crippen molar-refractivity contribution in [3.8, 4) is 0 Å². The Balaban J connectivity index is 1.80. The van der Waals surface area contributed by atoms with Crippen molar-refractivity contribution in [3.63, 3.8) is 0 Å². The lowest BCUT2D eigenvalue weighted by molar-refractivity contribution is -0.121. The van der Waals surface area contributed by atoms with Gasteiger partial charge in [0.2, 0.25) is 5.91 Å². The molecule has 2 rings (SSSR count). The molecule has 24 heavy (non-hydrogen) atoms. The van der Waals surface area contributed by atoms with Gasteiger partial charge in [0.15, 0.2) is 9.84 Å². The van der Waals surface area contributed by atoms with E-state index in [4.69, 9.17) is 9.15 Å². The van der Waals surface area contributed by atoms with Crippen molar-refractivity contribution in [2.24, 2.45) is 0 Å². The number of aryl methyl sites for hydroxylation is 1. The fourth-order valence-electron chi connectivity index (χ4n) is 2.23. The summed E-state index contributed by atoms with van der Waals surface area (Å²) >= 11 is 0. The third-order valence-electron chi connectivity index (χ3n) is 3.62. The Morgan fingerprint density at radius 2 is 1.96 bits per heavy atom. The molecule has 1 heterocycles. The number of nitrogens with one attached hydrogen (secondary N) is 1. The molecule has 0 aliphatic carbocycles. The molecule has 2 aromatic rings. The maximum atomic E-state index is 11.9. The lowest BCUT2D eigenvalue weighted by atomic mass is 10.1. The normalized spacial score (nSPS) is 12.8. The van der Waals surface area contributed by atoms with E-state index in [0.717, 1.165) is 5.56 Å². The lowest BCUT2D eigenvalue weighted by Crippen LogP contribution is -2.29. The van der Waals surface area contributed by atoms with E-state index in [1.54, 1.807) is 49.8 Å². The zero-order chi connectivity index (χ0) is 17.6. The van der Waals surface area contributed by atoms with E-state index < -0.39 is 9.84 Å². The van der Waals surface area contributed by atoms with Crippen LogP contribution in [0.4, 0.5) is 0 Å². The van der Waals surface area contributed by atoms with Gasteiger partial charge in [0.25, 0.3) is 0 Å². The Hall–Kier alpha value is -2.12. The fraction of sp³-hybridized carbons (Fsp3) is 0.353. The highest BCUT2D eigenvalue weighted by atomic mass is 32.2. The maximum absolute atomic E-state index is 11.9. The molecule has 1 atom stereocenters. The quantitative estimate of drug-likeness (QED) is 0.787. The summed E-state index contributed by atoms with van der Waals surface area (Å²) in [7, 11) is -1.64. The molecule has 6 nitrogen and oxygen atoms in total. The summed E-state index contributed by atoms with van der Waals surface area (Å²) in [6.07, 6.45) is 3.25. The predicted molar refractivity (Wildman–Crippen MR) is 89.3 cm³/mol. The number of benzene rings is 1. The number of amides is 1. The van der Waals surface area contributed by atoms with Gasteiger partial charge in [-0.15, -0.1) is 0 Å². The minimum atomic E-state index is -3.20. The molecule has 7 heteroatoms. The summed E-state index contributed by atoms with van der Waals surface area (Å²) in [4.78, 5) is 12.2. The van der Waals surface area contributed by atoms with Crippen LogP contribution in [0.5, 0.6) is 0 Å². The van der Waals surface area contributed by atoms with Crippen LogP contribution in [0.1, 0.15) is 23.8 Å². The van der Waals surface area contributed by atoms with Crippen molar-refractivity contribution >= 4 is 15.7 Å². The van der Waals surface area contributed by atoms with Gasteiger partial charge in [0, 0.05) is 19.8 Å². The van der Waals surface area contributed by atoms with Crippen molar-refractivity contribution in [3.05, 3.63) is 54.0 Å². The molecular weight excluding hydrogens is 330 g/mol. The lowest BCUT2D eigenvalue weighted by Gasteiger charge is -2.13. The zero-order valence-corrected chi connectivity index (χ0v) is 14.5. The first-order valence-electron chi connectivity index (χ1n) is 7.52. The average molecular weight is 351 g/mol. The van der Waals surface area contributed by atoms with E-state index in [2.05, 4.69) is 5.32 Å². The van der Waals surface area contributed by atoms with Crippen LogP contribution >= 0.6 is 0 Å². The van der Waals surface area contributed by atoms with Crippen LogP contribution in [0, 0.1) is 0 Å². The Kier molecular flexibility index (Phi) is 6.16.